The van der Waals surface area contributed by atoms with Gasteiger partial charge in [0.05, 0.1) is 12.2 Å². The molecule has 2 aromatic rings. The number of carbonyl (C=O) groups excluding carboxylic acids is 2. The van der Waals surface area contributed by atoms with Crippen molar-refractivity contribution in [3.63, 3.8) is 0 Å². The molecule has 8 nitrogen and oxygen atoms in total. The lowest BCUT2D eigenvalue weighted by Gasteiger charge is -2.13. The van der Waals surface area contributed by atoms with Crippen molar-refractivity contribution in [1.82, 2.24) is 16.2 Å². The van der Waals surface area contributed by atoms with Crippen LogP contribution in [0.25, 0.3) is 0 Å². The first kappa shape index (κ1) is 23.6. The third-order valence-corrected chi connectivity index (χ3v) is 4.81. The molecule has 0 atom stereocenters. The van der Waals surface area contributed by atoms with Crippen LogP contribution in [0.2, 0.25) is 0 Å². The smallest absolute Gasteiger partial charge is 0.276 e. The van der Waals surface area contributed by atoms with Gasteiger partial charge in [-0.2, -0.15) is 0 Å². The monoisotopic (exact) mass is 495 g/mol. The molecule has 2 amide bonds. The average molecular weight is 496 g/mol. The molecule has 0 saturated heterocycles. The summed E-state index contributed by atoms with van der Waals surface area (Å²) in [5.74, 6) is 0.0238. The Hall–Kier alpha value is -2.69. The minimum Gasteiger partial charge on any atom is -0.490 e. The second-order valence-electron chi connectivity index (χ2n) is 5.99. The van der Waals surface area contributed by atoms with Gasteiger partial charge in [-0.1, -0.05) is 28.1 Å². The van der Waals surface area contributed by atoms with Crippen LogP contribution in [0.4, 0.5) is 0 Å². The molecule has 2 rings (SSSR count). The van der Waals surface area contributed by atoms with Gasteiger partial charge < -0.3 is 14.2 Å². The number of amides is 2. The van der Waals surface area contributed by atoms with Gasteiger partial charge in [-0.25, -0.2) is 0 Å². The number of hydrogen-bond acceptors (Lipinski definition) is 6. The van der Waals surface area contributed by atoms with Crippen LogP contribution in [-0.2, 0) is 9.53 Å². The molecule has 0 spiro atoms. The molecule has 30 heavy (non-hydrogen) atoms. The van der Waals surface area contributed by atoms with Gasteiger partial charge in [0.1, 0.15) is 18.1 Å². The van der Waals surface area contributed by atoms with Gasteiger partial charge >= 0.3 is 0 Å². The van der Waals surface area contributed by atoms with Crippen LogP contribution >= 0.6 is 28.1 Å². The van der Waals surface area contributed by atoms with Crippen LogP contribution in [0.1, 0.15) is 15.9 Å². The van der Waals surface area contributed by atoms with E-state index < -0.39 is 11.8 Å². The van der Waals surface area contributed by atoms with Crippen molar-refractivity contribution in [1.29, 1.82) is 0 Å². The van der Waals surface area contributed by atoms with Crippen molar-refractivity contribution in [2.75, 3.05) is 26.9 Å². The molecule has 0 aromatic heterocycles. The SMILES string of the molecule is COCCOc1ccccc1C(=O)NC(=S)NNC(=O)COc1ccc(Br)c(C)c1. The Kier molecular flexibility index (Phi) is 9.52. The number of halogens is 1. The summed E-state index contributed by atoms with van der Waals surface area (Å²) in [6, 6.07) is 12.1. The Bertz CT molecular complexity index is 910. The van der Waals surface area contributed by atoms with Gasteiger partial charge in [-0.05, 0) is 55.0 Å². The van der Waals surface area contributed by atoms with E-state index in [-0.39, 0.29) is 11.7 Å². The van der Waals surface area contributed by atoms with Gasteiger partial charge in [0.15, 0.2) is 11.7 Å². The van der Waals surface area contributed by atoms with Crippen LogP contribution < -0.4 is 25.6 Å². The molecule has 160 valence electrons. The molecule has 0 bridgehead atoms. The molecule has 0 saturated carbocycles. The van der Waals surface area contributed by atoms with Crippen molar-refractivity contribution in [3.05, 3.63) is 58.1 Å². The first-order valence-corrected chi connectivity index (χ1v) is 10.1. The molecule has 10 heteroatoms. The average Bonchev–Trinajstić information content (AvgIpc) is 2.73. The third-order valence-electron chi connectivity index (χ3n) is 3.72. The number of thiocarbonyl (C=S) groups is 1. The molecule has 0 heterocycles. The van der Waals surface area contributed by atoms with Crippen molar-refractivity contribution in [3.8, 4) is 11.5 Å². The first-order valence-electron chi connectivity index (χ1n) is 8.90. The molecule has 0 unspecified atom stereocenters. The maximum atomic E-state index is 12.4. The predicted octanol–water partition coefficient (Wildman–Crippen LogP) is 2.50. The van der Waals surface area contributed by atoms with Gasteiger partial charge in [-0.3, -0.25) is 25.8 Å². The van der Waals surface area contributed by atoms with Crippen molar-refractivity contribution < 1.29 is 23.8 Å². The molecule has 3 N–H and O–H groups in total. The largest absolute Gasteiger partial charge is 0.490 e. The Labute approximate surface area is 188 Å². The number of rotatable bonds is 8. The van der Waals surface area contributed by atoms with Gasteiger partial charge in [0.25, 0.3) is 11.8 Å². The Morgan fingerprint density at radius 3 is 2.57 bits per heavy atom. The highest BCUT2D eigenvalue weighted by molar-refractivity contribution is 9.10. The summed E-state index contributed by atoms with van der Waals surface area (Å²) in [6.45, 7) is 2.39. The van der Waals surface area contributed by atoms with E-state index in [1.807, 2.05) is 19.1 Å². The van der Waals surface area contributed by atoms with Crippen LogP contribution in [0, 0.1) is 6.92 Å². The van der Waals surface area contributed by atoms with E-state index >= 15 is 0 Å². The number of aryl methyl sites for hydroxylation is 1. The molecule has 0 aliphatic carbocycles. The summed E-state index contributed by atoms with van der Waals surface area (Å²) in [6.07, 6.45) is 0. The molecule has 0 aliphatic rings. The van der Waals surface area contributed by atoms with E-state index in [1.165, 1.54) is 0 Å². The third kappa shape index (κ3) is 7.62. The maximum absolute atomic E-state index is 12.4. The zero-order valence-corrected chi connectivity index (χ0v) is 18.9. The second-order valence-corrected chi connectivity index (χ2v) is 7.26. The fourth-order valence-corrected chi connectivity index (χ4v) is 2.63. The highest BCUT2D eigenvalue weighted by Gasteiger charge is 2.14. The van der Waals surface area contributed by atoms with E-state index in [2.05, 4.69) is 32.1 Å². The van der Waals surface area contributed by atoms with Crippen molar-refractivity contribution >= 4 is 45.1 Å². The van der Waals surface area contributed by atoms with E-state index in [0.29, 0.717) is 30.3 Å². The summed E-state index contributed by atoms with van der Waals surface area (Å²) in [4.78, 5) is 24.3. The Morgan fingerprint density at radius 2 is 1.83 bits per heavy atom. The predicted molar refractivity (Wildman–Crippen MR) is 120 cm³/mol. The first-order chi connectivity index (χ1) is 14.4. The summed E-state index contributed by atoms with van der Waals surface area (Å²) >= 11 is 8.44. The second kappa shape index (κ2) is 12.1. The fourth-order valence-electron chi connectivity index (χ4n) is 2.24. The number of hydrazine groups is 1. The molecular weight excluding hydrogens is 474 g/mol. The summed E-state index contributed by atoms with van der Waals surface area (Å²) in [5, 5.41) is 2.41. The highest BCUT2D eigenvalue weighted by atomic mass is 79.9. The number of hydrogen-bond donors (Lipinski definition) is 3. The standard InChI is InChI=1S/C20H22BrN3O5S/c1-13-11-14(7-8-16(13)21)29-12-18(25)23-24-20(30)22-19(26)15-5-3-4-6-17(15)28-10-9-27-2/h3-8,11H,9-10,12H2,1-2H3,(H,23,25)(H2,22,24,26,30). The quantitative estimate of drug-likeness (QED) is 0.294. The summed E-state index contributed by atoms with van der Waals surface area (Å²) in [7, 11) is 1.56. The minimum absolute atomic E-state index is 0.0699. The lowest BCUT2D eigenvalue weighted by Crippen LogP contribution is -2.49. The summed E-state index contributed by atoms with van der Waals surface area (Å²) in [5.41, 5.74) is 6.12. The number of para-hydroxylation sites is 1. The van der Waals surface area contributed by atoms with E-state index in [9.17, 15) is 9.59 Å². The highest BCUT2D eigenvalue weighted by Crippen LogP contribution is 2.21. The normalized spacial score (nSPS) is 10.1. The fraction of sp³-hybridized carbons (Fsp3) is 0.250. The van der Waals surface area contributed by atoms with E-state index in [4.69, 9.17) is 26.4 Å². The maximum Gasteiger partial charge on any atom is 0.276 e. The van der Waals surface area contributed by atoms with Gasteiger partial charge in [0.2, 0.25) is 0 Å². The van der Waals surface area contributed by atoms with Crippen LogP contribution in [-0.4, -0.2) is 43.9 Å². The Morgan fingerprint density at radius 1 is 1.07 bits per heavy atom. The van der Waals surface area contributed by atoms with E-state index in [1.54, 1.807) is 37.4 Å². The van der Waals surface area contributed by atoms with Crippen molar-refractivity contribution in [2.24, 2.45) is 0 Å². The number of carbonyl (C=O) groups is 2. The van der Waals surface area contributed by atoms with Gasteiger partial charge in [0, 0.05) is 11.6 Å². The van der Waals surface area contributed by atoms with Crippen LogP contribution in [0.5, 0.6) is 11.5 Å². The zero-order valence-electron chi connectivity index (χ0n) is 16.5. The van der Waals surface area contributed by atoms with Crippen molar-refractivity contribution in [2.45, 2.75) is 6.92 Å². The molecule has 0 radical (unpaired) electrons. The Balaban J connectivity index is 1.79. The van der Waals surface area contributed by atoms with Crippen LogP contribution in [0.15, 0.2) is 46.9 Å². The molecule has 2 aromatic carbocycles. The van der Waals surface area contributed by atoms with Crippen LogP contribution in [0.3, 0.4) is 0 Å². The molecule has 0 aliphatic heterocycles. The lowest BCUT2D eigenvalue weighted by atomic mass is 10.2. The van der Waals surface area contributed by atoms with E-state index in [0.717, 1.165) is 10.0 Å². The topological polar surface area (TPSA) is 97.9 Å². The number of ether oxygens (including phenoxy) is 3. The number of nitrogens with one attached hydrogen (secondary N) is 3. The zero-order chi connectivity index (χ0) is 21.9. The molecule has 0 fully saturated rings. The minimum atomic E-state index is -0.476. The number of benzene rings is 2. The molecular formula is C20H22BrN3O5S. The summed E-state index contributed by atoms with van der Waals surface area (Å²) < 4.78 is 16.8. The van der Waals surface area contributed by atoms with Gasteiger partial charge in [-0.15, -0.1) is 0 Å². The lowest BCUT2D eigenvalue weighted by molar-refractivity contribution is -0.123. The number of methoxy groups -OCH3 is 1.